The van der Waals surface area contributed by atoms with E-state index in [4.69, 9.17) is 5.11 Å². The molecular weight excluding hydrogens is 206 g/mol. The average molecular weight is 219 g/mol. The van der Waals surface area contributed by atoms with Crippen LogP contribution in [0.4, 0.5) is 0 Å². The minimum absolute atomic E-state index is 0.213. The van der Waals surface area contributed by atoms with E-state index in [0.717, 1.165) is 11.4 Å². The summed E-state index contributed by atoms with van der Waals surface area (Å²) in [6, 6.07) is 3.90. The van der Waals surface area contributed by atoms with Crippen LogP contribution in [0, 0.1) is 13.8 Å². The second kappa shape index (κ2) is 3.52. The SMILES string of the molecule is Cc1ccc(C)n1-c1c(C(=O)O)cnn1C. The number of aromatic nitrogens is 3. The molecule has 5 nitrogen and oxygen atoms in total. The number of carbonyl (C=O) groups is 1. The van der Waals surface area contributed by atoms with Gasteiger partial charge in [-0.15, -0.1) is 0 Å². The topological polar surface area (TPSA) is 60.1 Å². The van der Waals surface area contributed by atoms with Crippen molar-refractivity contribution in [1.29, 1.82) is 0 Å². The largest absolute Gasteiger partial charge is 0.477 e. The van der Waals surface area contributed by atoms with Gasteiger partial charge < -0.3 is 9.67 Å². The first kappa shape index (κ1) is 10.5. The third-order valence-corrected chi connectivity index (χ3v) is 2.62. The molecule has 0 radical (unpaired) electrons. The predicted molar refractivity (Wildman–Crippen MR) is 59.0 cm³/mol. The fraction of sp³-hybridized carbons (Fsp3) is 0.273. The number of aryl methyl sites for hydroxylation is 3. The van der Waals surface area contributed by atoms with Crippen LogP contribution in [-0.4, -0.2) is 25.4 Å². The van der Waals surface area contributed by atoms with Crippen LogP contribution in [-0.2, 0) is 7.05 Å². The molecular formula is C11H13N3O2. The van der Waals surface area contributed by atoms with Crippen molar-refractivity contribution in [3.63, 3.8) is 0 Å². The van der Waals surface area contributed by atoms with Crippen molar-refractivity contribution >= 4 is 5.97 Å². The van der Waals surface area contributed by atoms with Gasteiger partial charge in [-0.05, 0) is 26.0 Å². The fourth-order valence-electron chi connectivity index (χ4n) is 1.85. The van der Waals surface area contributed by atoms with Crippen LogP contribution in [0.5, 0.6) is 0 Å². The van der Waals surface area contributed by atoms with Gasteiger partial charge in [-0.3, -0.25) is 4.68 Å². The zero-order valence-corrected chi connectivity index (χ0v) is 9.43. The maximum atomic E-state index is 11.1. The van der Waals surface area contributed by atoms with Gasteiger partial charge in [-0.1, -0.05) is 0 Å². The van der Waals surface area contributed by atoms with E-state index in [-0.39, 0.29) is 5.56 Å². The number of rotatable bonds is 2. The van der Waals surface area contributed by atoms with Crippen molar-refractivity contribution < 1.29 is 9.90 Å². The third-order valence-electron chi connectivity index (χ3n) is 2.62. The summed E-state index contributed by atoms with van der Waals surface area (Å²) in [7, 11) is 1.74. The van der Waals surface area contributed by atoms with Gasteiger partial charge in [-0.2, -0.15) is 5.10 Å². The Bertz CT molecular complexity index is 532. The molecule has 0 unspecified atom stereocenters. The number of hydrogen-bond acceptors (Lipinski definition) is 2. The first-order valence-corrected chi connectivity index (χ1v) is 4.93. The Hall–Kier alpha value is -2.04. The van der Waals surface area contributed by atoms with Crippen LogP contribution >= 0.6 is 0 Å². The number of nitrogens with zero attached hydrogens (tertiary/aromatic N) is 3. The zero-order chi connectivity index (χ0) is 11.9. The van der Waals surface area contributed by atoms with Gasteiger partial charge in [0.25, 0.3) is 0 Å². The van der Waals surface area contributed by atoms with Gasteiger partial charge in [0.1, 0.15) is 11.4 Å². The molecule has 0 aliphatic rings. The lowest BCUT2D eigenvalue weighted by Crippen LogP contribution is -2.10. The number of hydrogen-bond donors (Lipinski definition) is 1. The molecule has 2 rings (SSSR count). The second-order valence-corrected chi connectivity index (χ2v) is 3.76. The van der Waals surface area contributed by atoms with E-state index in [2.05, 4.69) is 5.10 Å². The third kappa shape index (κ3) is 1.41. The minimum Gasteiger partial charge on any atom is -0.477 e. The molecule has 0 saturated heterocycles. The average Bonchev–Trinajstić information content (AvgIpc) is 2.71. The Labute approximate surface area is 92.9 Å². The molecule has 0 spiro atoms. The van der Waals surface area contributed by atoms with Gasteiger partial charge >= 0.3 is 5.97 Å². The minimum atomic E-state index is -0.962. The van der Waals surface area contributed by atoms with Crippen LogP contribution in [0.2, 0.25) is 0 Å². The normalized spacial score (nSPS) is 10.7. The van der Waals surface area contributed by atoms with E-state index in [0.29, 0.717) is 5.82 Å². The highest BCUT2D eigenvalue weighted by atomic mass is 16.4. The van der Waals surface area contributed by atoms with Crippen molar-refractivity contribution in [2.24, 2.45) is 7.05 Å². The molecule has 2 heterocycles. The summed E-state index contributed by atoms with van der Waals surface area (Å²) in [6.45, 7) is 3.87. The second-order valence-electron chi connectivity index (χ2n) is 3.76. The van der Waals surface area contributed by atoms with Crippen LogP contribution in [0.15, 0.2) is 18.3 Å². The van der Waals surface area contributed by atoms with Crippen molar-refractivity contribution in [3.05, 3.63) is 35.3 Å². The van der Waals surface area contributed by atoms with Crippen molar-refractivity contribution in [2.45, 2.75) is 13.8 Å². The van der Waals surface area contributed by atoms with E-state index in [1.54, 1.807) is 11.7 Å². The van der Waals surface area contributed by atoms with Gasteiger partial charge in [0.15, 0.2) is 0 Å². The molecule has 0 atom stereocenters. The molecule has 0 aliphatic heterocycles. The Morgan fingerprint density at radius 2 is 1.88 bits per heavy atom. The van der Waals surface area contributed by atoms with Crippen molar-refractivity contribution in [3.8, 4) is 5.82 Å². The Kier molecular flexibility index (Phi) is 2.30. The first-order chi connectivity index (χ1) is 7.52. The van der Waals surface area contributed by atoms with Crippen LogP contribution in [0.3, 0.4) is 0 Å². The highest BCUT2D eigenvalue weighted by Gasteiger charge is 2.18. The Morgan fingerprint density at radius 3 is 2.38 bits per heavy atom. The standard InChI is InChI=1S/C11H13N3O2/c1-7-4-5-8(2)14(7)10-9(11(15)16)6-12-13(10)3/h4-6H,1-3H3,(H,15,16). The van der Waals surface area contributed by atoms with E-state index in [1.165, 1.54) is 6.20 Å². The zero-order valence-electron chi connectivity index (χ0n) is 9.43. The molecule has 0 aromatic carbocycles. The molecule has 0 fully saturated rings. The lowest BCUT2D eigenvalue weighted by Gasteiger charge is -2.10. The lowest BCUT2D eigenvalue weighted by molar-refractivity contribution is 0.0697. The maximum absolute atomic E-state index is 11.1. The molecule has 0 saturated carbocycles. The molecule has 2 aromatic rings. The molecule has 2 aromatic heterocycles. The highest BCUT2D eigenvalue weighted by Crippen LogP contribution is 2.19. The van der Waals surface area contributed by atoms with E-state index < -0.39 is 5.97 Å². The number of carboxylic acid groups (broad SMARTS) is 1. The summed E-state index contributed by atoms with van der Waals surface area (Å²) >= 11 is 0. The van der Waals surface area contributed by atoms with E-state index in [9.17, 15) is 4.79 Å². The van der Waals surface area contributed by atoms with Crippen molar-refractivity contribution in [1.82, 2.24) is 14.3 Å². The molecule has 1 N–H and O–H groups in total. The highest BCUT2D eigenvalue weighted by molar-refractivity contribution is 5.91. The van der Waals surface area contributed by atoms with Crippen LogP contribution in [0.1, 0.15) is 21.7 Å². The smallest absolute Gasteiger partial charge is 0.341 e. The Balaban J connectivity index is 2.73. The maximum Gasteiger partial charge on any atom is 0.341 e. The summed E-state index contributed by atoms with van der Waals surface area (Å²) < 4.78 is 3.46. The summed E-state index contributed by atoms with van der Waals surface area (Å²) in [5.41, 5.74) is 2.19. The fourth-order valence-corrected chi connectivity index (χ4v) is 1.85. The summed E-state index contributed by atoms with van der Waals surface area (Å²) in [6.07, 6.45) is 1.37. The monoisotopic (exact) mass is 219 g/mol. The summed E-state index contributed by atoms with van der Waals surface area (Å²) in [4.78, 5) is 11.1. The van der Waals surface area contributed by atoms with Crippen molar-refractivity contribution in [2.75, 3.05) is 0 Å². The summed E-state index contributed by atoms with van der Waals surface area (Å²) in [5, 5.41) is 13.1. The molecule has 0 bridgehead atoms. The lowest BCUT2D eigenvalue weighted by atomic mass is 10.3. The van der Waals surface area contributed by atoms with Gasteiger partial charge in [0.05, 0.1) is 6.20 Å². The first-order valence-electron chi connectivity index (χ1n) is 4.93. The molecule has 16 heavy (non-hydrogen) atoms. The van der Waals surface area contributed by atoms with Crippen LogP contribution < -0.4 is 0 Å². The molecule has 0 amide bonds. The molecule has 0 aliphatic carbocycles. The van der Waals surface area contributed by atoms with Gasteiger partial charge in [0, 0.05) is 18.4 Å². The Morgan fingerprint density at radius 1 is 1.31 bits per heavy atom. The van der Waals surface area contributed by atoms with E-state index in [1.807, 2.05) is 30.5 Å². The number of carboxylic acids is 1. The van der Waals surface area contributed by atoms with Crippen LogP contribution in [0.25, 0.3) is 5.82 Å². The van der Waals surface area contributed by atoms with E-state index >= 15 is 0 Å². The molecule has 84 valence electrons. The molecule has 5 heteroatoms. The van der Waals surface area contributed by atoms with Gasteiger partial charge in [0.2, 0.25) is 0 Å². The van der Waals surface area contributed by atoms with Gasteiger partial charge in [-0.25, -0.2) is 4.79 Å². The predicted octanol–water partition coefficient (Wildman–Crippen LogP) is 1.53. The number of aromatic carboxylic acids is 1. The quantitative estimate of drug-likeness (QED) is 0.833. The summed E-state index contributed by atoms with van der Waals surface area (Å²) in [5.74, 6) is -0.372.